The third-order valence-electron chi connectivity index (χ3n) is 11.9. The summed E-state index contributed by atoms with van der Waals surface area (Å²) < 4.78 is 11.2. The first-order valence-corrected chi connectivity index (χ1v) is 22.2. The van der Waals surface area contributed by atoms with Crippen molar-refractivity contribution in [2.75, 3.05) is 134 Å². The van der Waals surface area contributed by atoms with Gasteiger partial charge >= 0.3 is 12.1 Å². The van der Waals surface area contributed by atoms with Crippen LogP contribution in [0.4, 0.5) is 43.7 Å². The number of carbonyl (C=O) groups is 2. The highest BCUT2D eigenvalue weighted by atomic mass is 16.5. The van der Waals surface area contributed by atoms with Crippen LogP contribution in [0.5, 0.6) is 11.5 Å². The predicted octanol–water partition coefficient (Wildman–Crippen LogP) is 5.95. The first-order chi connectivity index (χ1) is 30.0. The zero-order valence-corrected chi connectivity index (χ0v) is 37.3. The van der Waals surface area contributed by atoms with Crippen LogP contribution in [-0.2, 0) is 9.47 Å². The number of rotatable bonds is 14. The van der Waals surface area contributed by atoms with Crippen LogP contribution in [0.25, 0.3) is 0 Å². The molecule has 15 nitrogen and oxygen atoms in total. The molecule has 8 rings (SSSR count). The van der Waals surface area contributed by atoms with Crippen molar-refractivity contribution in [3.05, 3.63) is 97.1 Å². The van der Waals surface area contributed by atoms with Crippen LogP contribution >= 0.6 is 0 Å². The van der Waals surface area contributed by atoms with E-state index in [1.807, 2.05) is 95.8 Å². The largest absolute Gasteiger partial charge is 0.508 e. The molecule has 4 amide bonds. The van der Waals surface area contributed by atoms with Crippen molar-refractivity contribution in [1.82, 2.24) is 9.80 Å². The number of phenolic OH excluding ortho intramolecular Hbond substituents is 2. The lowest BCUT2D eigenvalue weighted by molar-refractivity contribution is 0.0678. The van der Waals surface area contributed by atoms with E-state index in [9.17, 15) is 19.8 Å². The number of anilines is 6. The average Bonchev–Trinajstić information content (AvgIpc) is 3.85. The number of ether oxygens (including phenoxy) is 2. The second-order valence-corrected chi connectivity index (χ2v) is 16.7. The van der Waals surface area contributed by atoms with Gasteiger partial charge in [0.1, 0.15) is 11.5 Å². The molecule has 0 unspecified atom stereocenters. The minimum atomic E-state index is 0. The Balaban J connectivity index is 0.000000206. The van der Waals surface area contributed by atoms with E-state index in [-0.39, 0.29) is 29.7 Å². The fraction of sp³-hybridized carbons (Fsp3) is 0.458. The number of amides is 4. The molecule has 4 fully saturated rings. The SMILES string of the molecule is CC(C)OCCN1CCN(c2ccc(N3CCN(c4ccc(O)cc4)CC3)cc2)C1=O.CC(C)OCCN1CCN(c2ccc(N3CCN(c4ccc(O)cc4)CC3)cc2)C1=O.O. The summed E-state index contributed by atoms with van der Waals surface area (Å²) in [6.07, 6.45) is 0.369. The zero-order chi connectivity index (χ0) is 43.6. The molecule has 0 saturated carbocycles. The quantitative estimate of drug-likeness (QED) is 0.156. The van der Waals surface area contributed by atoms with Crippen LogP contribution in [0.3, 0.4) is 0 Å². The first kappa shape index (κ1) is 46.6. The standard InChI is InChI=1S/2C24H32N4O3.H2O/c2*1-19(2)31-18-17-27-15-16-28(24(27)30)22-5-3-20(4-6-22)25-11-13-26(14-12-25)21-7-9-23(29)10-8-21;/h2*3-10,19,29H,11-18H2,1-2H3;1H2. The van der Waals surface area contributed by atoms with Gasteiger partial charge in [0.05, 0.1) is 25.4 Å². The van der Waals surface area contributed by atoms with Crippen molar-refractivity contribution < 1.29 is 34.8 Å². The van der Waals surface area contributed by atoms with Crippen LogP contribution in [0.1, 0.15) is 27.7 Å². The number of nitrogens with zero attached hydrogens (tertiary/aromatic N) is 8. The maximum atomic E-state index is 12.7. The monoisotopic (exact) mass is 867 g/mol. The van der Waals surface area contributed by atoms with Gasteiger partial charge in [0.25, 0.3) is 0 Å². The molecule has 4 N–H and O–H groups in total. The van der Waals surface area contributed by atoms with Gasteiger partial charge in [-0.15, -0.1) is 0 Å². The molecule has 0 spiro atoms. The number of piperazine rings is 2. The number of hydrogen-bond acceptors (Lipinski definition) is 10. The third kappa shape index (κ3) is 12.2. The molecule has 15 heteroatoms. The lowest BCUT2D eigenvalue weighted by Gasteiger charge is -2.37. The van der Waals surface area contributed by atoms with Gasteiger partial charge in [-0.05, 0) is 125 Å². The summed E-state index contributed by atoms with van der Waals surface area (Å²) in [5.74, 6) is 0.594. The number of urea groups is 2. The van der Waals surface area contributed by atoms with Crippen LogP contribution < -0.4 is 29.4 Å². The molecule has 0 bridgehead atoms. The van der Waals surface area contributed by atoms with E-state index in [1.54, 1.807) is 24.3 Å². The Morgan fingerprint density at radius 2 is 0.667 bits per heavy atom. The third-order valence-corrected chi connectivity index (χ3v) is 11.9. The zero-order valence-electron chi connectivity index (χ0n) is 37.3. The van der Waals surface area contributed by atoms with Gasteiger partial charge in [-0.2, -0.15) is 0 Å². The Bertz CT molecular complexity index is 1870. The minimum absolute atomic E-state index is 0. The van der Waals surface area contributed by atoms with Gasteiger partial charge in [0.15, 0.2) is 0 Å². The van der Waals surface area contributed by atoms with E-state index >= 15 is 0 Å². The molecule has 4 aromatic carbocycles. The lowest BCUT2D eigenvalue weighted by atomic mass is 10.2. The topological polar surface area (TPSA) is 150 Å². The van der Waals surface area contributed by atoms with E-state index in [4.69, 9.17) is 9.47 Å². The summed E-state index contributed by atoms with van der Waals surface area (Å²) in [5.41, 5.74) is 6.55. The Labute approximate surface area is 372 Å². The second kappa shape index (κ2) is 21.9. The van der Waals surface area contributed by atoms with Crippen molar-refractivity contribution in [3.8, 4) is 11.5 Å². The van der Waals surface area contributed by atoms with Crippen LogP contribution in [0, 0.1) is 0 Å². The predicted molar refractivity (Wildman–Crippen MR) is 252 cm³/mol. The molecule has 4 aliphatic rings. The summed E-state index contributed by atoms with van der Waals surface area (Å²) in [7, 11) is 0. The van der Waals surface area contributed by atoms with Crippen molar-refractivity contribution in [1.29, 1.82) is 0 Å². The number of carbonyl (C=O) groups excluding carboxylic acids is 2. The smallest absolute Gasteiger partial charge is 0.324 e. The van der Waals surface area contributed by atoms with Gasteiger partial charge in [0.2, 0.25) is 0 Å². The molecule has 340 valence electrons. The van der Waals surface area contributed by atoms with E-state index < -0.39 is 0 Å². The average molecular weight is 867 g/mol. The molecule has 4 aliphatic heterocycles. The Morgan fingerprint density at radius 1 is 0.413 bits per heavy atom. The van der Waals surface area contributed by atoms with Gasteiger partial charge in [-0.25, -0.2) is 9.59 Å². The molecule has 0 aromatic heterocycles. The number of benzene rings is 4. The van der Waals surface area contributed by atoms with Crippen molar-refractivity contribution in [3.63, 3.8) is 0 Å². The highest BCUT2D eigenvalue weighted by Crippen LogP contribution is 2.28. The highest BCUT2D eigenvalue weighted by Gasteiger charge is 2.31. The number of phenols is 2. The molecule has 4 saturated heterocycles. The van der Waals surface area contributed by atoms with Crippen LogP contribution in [-0.4, -0.2) is 155 Å². The van der Waals surface area contributed by atoms with Gasteiger partial charge in [0, 0.05) is 126 Å². The maximum Gasteiger partial charge on any atom is 0.324 e. The van der Waals surface area contributed by atoms with Gasteiger partial charge in [-0.3, -0.25) is 9.80 Å². The van der Waals surface area contributed by atoms with E-state index in [1.165, 1.54) is 11.4 Å². The molecule has 4 aromatic rings. The molecule has 63 heavy (non-hydrogen) atoms. The molecular weight excluding hydrogens is 801 g/mol. The van der Waals surface area contributed by atoms with Crippen LogP contribution in [0.2, 0.25) is 0 Å². The molecule has 0 atom stereocenters. The number of hydrogen-bond donors (Lipinski definition) is 2. The summed E-state index contributed by atoms with van der Waals surface area (Å²) in [5, 5.41) is 19.0. The van der Waals surface area contributed by atoms with Crippen molar-refractivity contribution >= 4 is 46.2 Å². The van der Waals surface area contributed by atoms with Gasteiger partial charge in [-0.1, -0.05) is 0 Å². The van der Waals surface area contributed by atoms with Crippen molar-refractivity contribution in [2.24, 2.45) is 0 Å². The highest BCUT2D eigenvalue weighted by molar-refractivity contribution is 5.95. The van der Waals surface area contributed by atoms with E-state index in [0.29, 0.717) is 50.9 Å². The van der Waals surface area contributed by atoms with Crippen molar-refractivity contribution in [2.45, 2.75) is 39.9 Å². The fourth-order valence-corrected chi connectivity index (χ4v) is 8.32. The summed E-state index contributed by atoms with van der Waals surface area (Å²) in [6, 6.07) is 31.6. The Morgan fingerprint density at radius 3 is 0.937 bits per heavy atom. The van der Waals surface area contributed by atoms with E-state index in [2.05, 4.69) is 43.9 Å². The molecule has 4 heterocycles. The normalized spacial score (nSPS) is 16.9. The summed E-state index contributed by atoms with van der Waals surface area (Å²) in [4.78, 5) is 42.3. The Hall–Kier alpha value is -5.90. The minimum Gasteiger partial charge on any atom is -0.508 e. The Kier molecular flexibility index (Phi) is 16.2. The van der Waals surface area contributed by atoms with Crippen LogP contribution in [0.15, 0.2) is 97.1 Å². The summed E-state index contributed by atoms with van der Waals surface area (Å²) in [6.45, 7) is 20.8. The molecule has 0 aliphatic carbocycles. The lowest BCUT2D eigenvalue weighted by Crippen LogP contribution is -2.46. The number of aromatic hydroxyl groups is 2. The van der Waals surface area contributed by atoms with E-state index in [0.717, 1.165) is 88.2 Å². The molecular formula is C48H66N8O7. The first-order valence-electron chi connectivity index (χ1n) is 22.2. The van der Waals surface area contributed by atoms with Gasteiger partial charge < -0.3 is 54.6 Å². The second-order valence-electron chi connectivity index (χ2n) is 16.7. The summed E-state index contributed by atoms with van der Waals surface area (Å²) >= 11 is 0. The fourth-order valence-electron chi connectivity index (χ4n) is 8.32. The molecule has 0 radical (unpaired) electrons. The maximum absolute atomic E-state index is 12.7.